The van der Waals surface area contributed by atoms with E-state index in [1.54, 1.807) is 25.1 Å². The molecular weight excluding hydrogens is 525 g/mol. The summed E-state index contributed by atoms with van der Waals surface area (Å²) in [5, 5.41) is 3.99. The van der Waals surface area contributed by atoms with E-state index < -0.39 is 9.84 Å². The number of amides is 1. The van der Waals surface area contributed by atoms with Gasteiger partial charge >= 0.3 is 0 Å². The molecule has 0 saturated carbocycles. The number of benzene rings is 2. The number of aryl methyl sites for hydroxylation is 1. The molecule has 0 aliphatic carbocycles. The molecule has 192 valence electrons. The van der Waals surface area contributed by atoms with E-state index in [1.165, 1.54) is 12.1 Å². The maximum atomic E-state index is 12.6. The number of nitrogens with one attached hydrogen (secondary N) is 1. The summed E-state index contributed by atoms with van der Waals surface area (Å²) in [6, 6.07) is 11.9. The Morgan fingerprint density at radius 1 is 1.17 bits per heavy atom. The van der Waals surface area contributed by atoms with Crippen LogP contribution < -0.4 is 5.32 Å². The second-order valence-electron chi connectivity index (χ2n) is 8.78. The van der Waals surface area contributed by atoms with Gasteiger partial charge in [0, 0.05) is 38.0 Å². The maximum Gasteiger partial charge on any atom is 0.226 e. The van der Waals surface area contributed by atoms with E-state index in [9.17, 15) is 13.2 Å². The number of carbonyl (C=O) groups excluding carboxylic acids is 1. The number of nitrogens with zero attached hydrogens (tertiary/aromatic N) is 2. The van der Waals surface area contributed by atoms with Gasteiger partial charge in [-0.05, 0) is 48.9 Å². The summed E-state index contributed by atoms with van der Waals surface area (Å²) in [5.74, 6) is 0.688. The Morgan fingerprint density at radius 2 is 1.92 bits per heavy atom. The van der Waals surface area contributed by atoms with E-state index in [0.29, 0.717) is 52.7 Å². The highest BCUT2D eigenvalue weighted by Gasteiger charge is 2.22. The fraction of sp³-hybridized carbons (Fsp3) is 0.360. The van der Waals surface area contributed by atoms with Gasteiger partial charge in [0.15, 0.2) is 9.84 Å². The summed E-state index contributed by atoms with van der Waals surface area (Å²) < 4.78 is 34.9. The van der Waals surface area contributed by atoms with Crippen molar-refractivity contribution < 1.29 is 22.4 Å². The van der Waals surface area contributed by atoms with Gasteiger partial charge in [-0.15, -0.1) is 0 Å². The first-order chi connectivity index (χ1) is 17.1. The zero-order valence-electron chi connectivity index (χ0n) is 20.0. The molecule has 1 aliphatic rings. The number of hydrogen-bond donors (Lipinski definition) is 1. The van der Waals surface area contributed by atoms with Gasteiger partial charge in [-0.1, -0.05) is 29.3 Å². The minimum Gasteiger partial charge on any atom is -0.441 e. The molecule has 8 nitrogen and oxygen atoms in total. The minimum absolute atomic E-state index is 0.0659. The molecule has 1 fully saturated rings. The number of ether oxygens (including phenoxy) is 1. The van der Waals surface area contributed by atoms with Crippen molar-refractivity contribution >= 4 is 38.9 Å². The minimum atomic E-state index is -3.29. The van der Waals surface area contributed by atoms with Crippen LogP contribution in [-0.2, 0) is 32.3 Å². The molecule has 4 rings (SSSR count). The third-order valence-corrected chi connectivity index (χ3v) is 7.76. The topological polar surface area (TPSA) is 102 Å². The summed E-state index contributed by atoms with van der Waals surface area (Å²) in [6.45, 7) is 4.89. The summed E-state index contributed by atoms with van der Waals surface area (Å²) in [4.78, 5) is 19.5. The molecule has 1 aromatic heterocycles. The monoisotopic (exact) mass is 551 g/mol. The molecule has 2 heterocycles. The first-order valence-electron chi connectivity index (χ1n) is 11.4. The van der Waals surface area contributed by atoms with E-state index in [1.807, 2.05) is 12.1 Å². The van der Waals surface area contributed by atoms with Crippen LogP contribution in [0.25, 0.3) is 11.5 Å². The summed E-state index contributed by atoms with van der Waals surface area (Å²) >= 11 is 12.1. The zero-order chi connectivity index (χ0) is 25.9. The Balaban J connectivity index is 1.29. The smallest absolute Gasteiger partial charge is 0.226 e. The predicted octanol–water partition coefficient (Wildman–Crippen LogP) is 3.92. The third kappa shape index (κ3) is 6.86. The number of sulfone groups is 1. The first-order valence-corrected chi connectivity index (χ1v) is 14.0. The van der Waals surface area contributed by atoms with Crippen LogP contribution in [0.15, 0.2) is 51.8 Å². The largest absolute Gasteiger partial charge is 0.441 e. The van der Waals surface area contributed by atoms with Crippen molar-refractivity contribution in [3.05, 3.63) is 69.5 Å². The normalized spacial score (nSPS) is 16.7. The molecule has 0 spiro atoms. The highest BCUT2D eigenvalue weighted by atomic mass is 35.5. The quantitative estimate of drug-likeness (QED) is 0.452. The molecule has 0 radical (unpaired) electrons. The van der Waals surface area contributed by atoms with Gasteiger partial charge < -0.3 is 14.5 Å². The number of hydrogen-bond acceptors (Lipinski definition) is 7. The van der Waals surface area contributed by atoms with Crippen LogP contribution in [0.5, 0.6) is 0 Å². The second-order valence-corrected chi connectivity index (χ2v) is 11.6. The number of rotatable bonds is 8. The van der Waals surface area contributed by atoms with Crippen molar-refractivity contribution in [2.24, 2.45) is 0 Å². The molecule has 11 heteroatoms. The molecule has 2 aromatic carbocycles. The Bertz CT molecular complexity index is 1340. The molecule has 1 N–H and O–H groups in total. The second kappa shape index (κ2) is 11.3. The van der Waals surface area contributed by atoms with Gasteiger partial charge in [0.1, 0.15) is 5.76 Å². The molecule has 1 aliphatic heterocycles. The third-order valence-electron chi connectivity index (χ3n) is 5.89. The summed E-state index contributed by atoms with van der Waals surface area (Å²) in [6.07, 6.45) is 1.09. The number of oxazole rings is 1. The molecule has 1 amide bonds. The molecule has 1 saturated heterocycles. The van der Waals surface area contributed by atoms with Crippen molar-refractivity contribution in [2.45, 2.75) is 30.9 Å². The average molecular weight is 552 g/mol. The van der Waals surface area contributed by atoms with Crippen LogP contribution in [-0.4, -0.2) is 62.8 Å². The lowest BCUT2D eigenvalue weighted by atomic mass is 10.2. The van der Waals surface area contributed by atoms with E-state index in [2.05, 4.69) is 15.2 Å². The molecular formula is C25H27Cl2N3O5S. The summed E-state index contributed by atoms with van der Waals surface area (Å²) in [5.41, 5.74) is 2.23. The Labute approximate surface area is 220 Å². The van der Waals surface area contributed by atoms with Crippen molar-refractivity contribution in [1.29, 1.82) is 0 Å². The van der Waals surface area contributed by atoms with Crippen LogP contribution in [0.2, 0.25) is 10.0 Å². The molecule has 0 unspecified atom stereocenters. The average Bonchev–Trinajstić information content (AvgIpc) is 3.20. The van der Waals surface area contributed by atoms with Gasteiger partial charge in [-0.2, -0.15) is 0 Å². The summed E-state index contributed by atoms with van der Waals surface area (Å²) in [7, 11) is -3.29. The van der Waals surface area contributed by atoms with Crippen molar-refractivity contribution in [3.63, 3.8) is 0 Å². The van der Waals surface area contributed by atoms with Crippen LogP contribution in [0, 0.1) is 6.92 Å². The lowest BCUT2D eigenvalue weighted by Gasteiger charge is -2.33. The molecule has 36 heavy (non-hydrogen) atoms. The predicted molar refractivity (Wildman–Crippen MR) is 138 cm³/mol. The molecule has 3 aromatic rings. The first kappa shape index (κ1) is 26.6. The van der Waals surface area contributed by atoms with Crippen LogP contribution in [0.3, 0.4) is 0 Å². The van der Waals surface area contributed by atoms with E-state index in [0.717, 1.165) is 24.9 Å². The van der Waals surface area contributed by atoms with Crippen LogP contribution >= 0.6 is 23.2 Å². The molecule has 0 bridgehead atoms. The Morgan fingerprint density at radius 3 is 2.61 bits per heavy atom. The van der Waals surface area contributed by atoms with E-state index >= 15 is 0 Å². The number of carbonyl (C=O) groups is 1. The Hall–Kier alpha value is -2.43. The number of morpholine rings is 1. The maximum absolute atomic E-state index is 12.6. The van der Waals surface area contributed by atoms with E-state index in [4.69, 9.17) is 32.4 Å². The van der Waals surface area contributed by atoms with Gasteiger partial charge in [0.2, 0.25) is 11.8 Å². The van der Waals surface area contributed by atoms with Gasteiger partial charge in [0.25, 0.3) is 0 Å². The number of halogens is 2. The SMILES string of the molecule is Cc1oc(-c2ccc(S(C)(=O)=O)cc2)nc1CC(=O)NC[C@H]1CN(Cc2ccc(Cl)c(Cl)c2)CCO1. The van der Waals surface area contributed by atoms with Gasteiger partial charge in [-0.25, -0.2) is 13.4 Å². The van der Waals surface area contributed by atoms with Crippen molar-refractivity contribution in [1.82, 2.24) is 15.2 Å². The Kier molecular flexibility index (Phi) is 8.37. The van der Waals surface area contributed by atoms with E-state index in [-0.39, 0.29) is 23.3 Å². The molecule has 1 atom stereocenters. The lowest BCUT2D eigenvalue weighted by molar-refractivity contribution is -0.121. The zero-order valence-corrected chi connectivity index (χ0v) is 22.3. The highest BCUT2D eigenvalue weighted by Crippen LogP contribution is 2.25. The van der Waals surface area contributed by atoms with Crippen molar-refractivity contribution in [2.75, 3.05) is 32.5 Å². The fourth-order valence-electron chi connectivity index (χ4n) is 3.95. The van der Waals surface area contributed by atoms with Gasteiger partial charge in [-0.3, -0.25) is 9.69 Å². The number of aromatic nitrogens is 1. The van der Waals surface area contributed by atoms with Crippen molar-refractivity contribution in [3.8, 4) is 11.5 Å². The standard InChI is InChI=1S/C25H27Cl2N3O5S/c1-16-23(29-25(35-16)18-4-6-20(7-5-18)36(2,32)33)12-24(31)28-13-19-15-30(9-10-34-19)14-17-3-8-21(26)22(27)11-17/h3-8,11,19H,9-10,12-15H2,1-2H3,(H,28,31)/t19-/m0/s1. The lowest BCUT2D eigenvalue weighted by Crippen LogP contribution is -2.47. The highest BCUT2D eigenvalue weighted by molar-refractivity contribution is 7.90. The fourth-order valence-corrected chi connectivity index (χ4v) is 4.90. The van der Waals surface area contributed by atoms with Gasteiger partial charge in [0.05, 0.1) is 39.8 Å². The van der Waals surface area contributed by atoms with Crippen LogP contribution in [0.1, 0.15) is 17.0 Å². The van der Waals surface area contributed by atoms with Crippen LogP contribution in [0.4, 0.5) is 0 Å².